The van der Waals surface area contributed by atoms with Crippen molar-refractivity contribution in [1.82, 2.24) is 10.0 Å². The zero-order chi connectivity index (χ0) is 14.7. The van der Waals surface area contributed by atoms with Gasteiger partial charge in [-0.15, -0.1) is 0 Å². The van der Waals surface area contributed by atoms with Crippen LogP contribution < -0.4 is 0 Å². The number of pyridine rings is 1. The molecule has 0 amide bonds. The van der Waals surface area contributed by atoms with Gasteiger partial charge in [-0.25, -0.2) is 9.59 Å². The van der Waals surface area contributed by atoms with E-state index in [1.54, 1.807) is 24.4 Å². The Kier molecular flexibility index (Phi) is 4.31. The lowest BCUT2D eigenvalue weighted by Gasteiger charge is -2.17. The second-order valence-electron chi connectivity index (χ2n) is 4.41. The number of hydrogen-bond acceptors (Lipinski definition) is 7. The molecule has 0 aromatic carbocycles. The predicted octanol–water partition coefficient (Wildman–Crippen LogP) is 0.718. The molecular weight excluding hydrogens is 264 g/mol. The first kappa shape index (κ1) is 14.4. The molecule has 2 heterocycles. The fourth-order valence-electron chi connectivity index (χ4n) is 2.15. The number of carbonyl (C=O) groups excluding carboxylic acids is 2. The molecule has 0 N–H and O–H groups in total. The number of rotatable bonds is 3. The maximum Gasteiger partial charge on any atom is 0.339 e. The third kappa shape index (κ3) is 2.78. The number of esters is 2. The lowest BCUT2D eigenvalue weighted by atomic mass is 10.0. The standard InChI is InChI=1S/C13H16N2O5/c1-15-10(5-11(20-15)13(17)19-3)8-4-9(7-14-6-8)12(16)18-2/h4,6-7,10-11H,5H2,1-3H3/t10-,11+/m0/s1. The Morgan fingerprint density at radius 2 is 2.10 bits per heavy atom. The molecule has 0 bridgehead atoms. The second kappa shape index (κ2) is 5.98. The Morgan fingerprint density at radius 1 is 1.35 bits per heavy atom. The highest BCUT2D eigenvalue weighted by molar-refractivity contribution is 5.89. The molecule has 1 fully saturated rings. The molecule has 108 valence electrons. The van der Waals surface area contributed by atoms with Crippen LogP contribution >= 0.6 is 0 Å². The van der Waals surface area contributed by atoms with Crippen molar-refractivity contribution in [3.63, 3.8) is 0 Å². The zero-order valence-corrected chi connectivity index (χ0v) is 11.5. The summed E-state index contributed by atoms with van der Waals surface area (Å²) in [5, 5.41) is 1.57. The highest BCUT2D eigenvalue weighted by Gasteiger charge is 2.37. The van der Waals surface area contributed by atoms with E-state index in [-0.39, 0.29) is 6.04 Å². The average Bonchev–Trinajstić information content (AvgIpc) is 2.87. The Bertz CT molecular complexity index is 519. The van der Waals surface area contributed by atoms with Gasteiger partial charge < -0.3 is 9.47 Å². The van der Waals surface area contributed by atoms with Crippen LogP contribution in [0.15, 0.2) is 18.5 Å². The van der Waals surface area contributed by atoms with E-state index in [0.717, 1.165) is 5.56 Å². The van der Waals surface area contributed by atoms with Gasteiger partial charge in [0.25, 0.3) is 0 Å². The van der Waals surface area contributed by atoms with Crippen LogP contribution in [0.1, 0.15) is 28.4 Å². The number of aromatic nitrogens is 1. The normalized spacial score (nSPS) is 22.6. The van der Waals surface area contributed by atoms with Gasteiger partial charge in [-0.05, 0) is 11.6 Å². The summed E-state index contributed by atoms with van der Waals surface area (Å²) in [6.07, 6.45) is 2.87. The minimum absolute atomic E-state index is 0.170. The summed E-state index contributed by atoms with van der Waals surface area (Å²) in [5.41, 5.74) is 1.14. The van der Waals surface area contributed by atoms with Gasteiger partial charge in [0.15, 0.2) is 6.10 Å². The van der Waals surface area contributed by atoms with Gasteiger partial charge in [0, 0.05) is 25.9 Å². The third-order valence-electron chi connectivity index (χ3n) is 3.20. The summed E-state index contributed by atoms with van der Waals surface area (Å²) in [5.74, 6) is -0.873. The van der Waals surface area contributed by atoms with Gasteiger partial charge in [0.1, 0.15) is 0 Å². The number of methoxy groups -OCH3 is 2. The fraction of sp³-hybridized carbons (Fsp3) is 0.462. The molecule has 1 aliphatic heterocycles. The van der Waals surface area contributed by atoms with Crippen LogP contribution in [-0.2, 0) is 19.1 Å². The first-order valence-corrected chi connectivity index (χ1v) is 6.07. The first-order valence-electron chi connectivity index (χ1n) is 6.07. The quantitative estimate of drug-likeness (QED) is 0.755. The van der Waals surface area contributed by atoms with Crippen molar-refractivity contribution in [1.29, 1.82) is 0 Å². The van der Waals surface area contributed by atoms with Gasteiger partial charge in [-0.1, -0.05) is 0 Å². The van der Waals surface area contributed by atoms with Crippen LogP contribution in [0.5, 0.6) is 0 Å². The van der Waals surface area contributed by atoms with Gasteiger partial charge in [0.05, 0.1) is 25.8 Å². The Morgan fingerprint density at radius 3 is 2.75 bits per heavy atom. The molecular formula is C13H16N2O5. The average molecular weight is 280 g/mol. The molecule has 1 aromatic heterocycles. The van der Waals surface area contributed by atoms with Gasteiger partial charge >= 0.3 is 11.9 Å². The van der Waals surface area contributed by atoms with Crippen LogP contribution in [0.4, 0.5) is 0 Å². The van der Waals surface area contributed by atoms with E-state index in [1.807, 2.05) is 0 Å². The summed E-state index contributed by atoms with van der Waals surface area (Å²) in [6, 6.07) is 1.51. The minimum atomic E-state index is -0.642. The van der Waals surface area contributed by atoms with Crippen LogP contribution in [-0.4, -0.2) is 49.4 Å². The summed E-state index contributed by atoms with van der Waals surface area (Å²) in [6.45, 7) is 0. The monoisotopic (exact) mass is 280 g/mol. The fourth-order valence-corrected chi connectivity index (χ4v) is 2.15. The number of ether oxygens (including phenoxy) is 2. The van der Waals surface area contributed by atoms with Crippen LogP contribution in [0.25, 0.3) is 0 Å². The van der Waals surface area contributed by atoms with E-state index in [4.69, 9.17) is 4.84 Å². The molecule has 0 radical (unpaired) electrons. The number of hydroxylamine groups is 2. The minimum Gasteiger partial charge on any atom is -0.467 e. The van der Waals surface area contributed by atoms with E-state index in [2.05, 4.69) is 14.5 Å². The topological polar surface area (TPSA) is 78.0 Å². The molecule has 7 heteroatoms. The second-order valence-corrected chi connectivity index (χ2v) is 4.41. The maximum atomic E-state index is 11.5. The molecule has 0 spiro atoms. The van der Waals surface area contributed by atoms with Crippen molar-refractivity contribution in [2.75, 3.05) is 21.3 Å². The first-order chi connectivity index (χ1) is 9.56. The Hall–Kier alpha value is -1.99. The lowest BCUT2D eigenvalue weighted by Crippen LogP contribution is -2.23. The predicted molar refractivity (Wildman–Crippen MR) is 67.6 cm³/mol. The molecule has 0 saturated carbocycles. The molecule has 1 saturated heterocycles. The molecule has 1 aromatic rings. The molecule has 0 aliphatic carbocycles. The summed E-state index contributed by atoms with van der Waals surface area (Å²) in [7, 11) is 4.35. The highest BCUT2D eigenvalue weighted by Crippen LogP contribution is 2.33. The van der Waals surface area contributed by atoms with E-state index in [0.29, 0.717) is 12.0 Å². The number of carbonyl (C=O) groups is 2. The molecule has 2 rings (SSSR count). The van der Waals surface area contributed by atoms with E-state index in [1.165, 1.54) is 20.4 Å². The van der Waals surface area contributed by atoms with Gasteiger partial charge in [-0.3, -0.25) is 9.82 Å². The van der Waals surface area contributed by atoms with E-state index >= 15 is 0 Å². The largest absolute Gasteiger partial charge is 0.467 e. The van der Waals surface area contributed by atoms with Crippen LogP contribution in [0, 0.1) is 0 Å². The summed E-state index contributed by atoms with van der Waals surface area (Å²) < 4.78 is 9.33. The van der Waals surface area contributed by atoms with Crippen LogP contribution in [0.3, 0.4) is 0 Å². The Labute approximate surface area is 116 Å². The van der Waals surface area contributed by atoms with Gasteiger partial charge in [0.2, 0.25) is 0 Å². The van der Waals surface area contributed by atoms with Crippen molar-refractivity contribution < 1.29 is 23.9 Å². The van der Waals surface area contributed by atoms with Crippen LogP contribution in [0.2, 0.25) is 0 Å². The molecule has 2 atom stereocenters. The van der Waals surface area contributed by atoms with Gasteiger partial charge in [-0.2, -0.15) is 5.06 Å². The maximum absolute atomic E-state index is 11.5. The van der Waals surface area contributed by atoms with E-state index < -0.39 is 18.0 Å². The molecule has 20 heavy (non-hydrogen) atoms. The van der Waals surface area contributed by atoms with Crippen molar-refractivity contribution in [3.05, 3.63) is 29.6 Å². The summed E-state index contributed by atoms with van der Waals surface area (Å²) >= 11 is 0. The summed E-state index contributed by atoms with van der Waals surface area (Å²) in [4.78, 5) is 32.4. The number of hydrogen-bond donors (Lipinski definition) is 0. The van der Waals surface area contributed by atoms with E-state index in [9.17, 15) is 9.59 Å². The lowest BCUT2D eigenvalue weighted by molar-refractivity contribution is -0.179. The van der Waals surface area contributed by atoms with Crippen molar-refractivity contribution in [2.24, 2.45) is 0 Å². The molecule has 1 aliphatic rings. The smallest absolute Gasteiger partial charge is 0.339 e. The van der Waals surface area contributed by atoms with Crippen molar-refractivity contribution >= 4 is 11.9 Å². The number of nitrogens with zero attached hydrogens (tertiary/aromatic N) is 2. The third-order valence-corrected chi connectivity index (χ3v) is 3.20. The van der Waals surface area contributed by atoms with Crippen molar-refractivity contribution in [3.8, 4) is 0 Å². The molecule has 7 nitrogen and oxygen atoms in total. The Balaban J connectivity index is 2.19. The zero-order valence-electron chi connectivity index (χ0n) is 11.5. The highest BCUT2D eigenvalue weighted by atomic mass is 16.7. The SMILES string of the molecule is COC(=O)c1cncc([C@@H]2C[C@H](C(=O)OC)ON2C)c1. The van der Waals surface area contributed by atoms with Crippen molar-refractivity contribution in [2.45, 2.75) is 18.6 Å². The molecule has 0 unspecified atom stereocenters.